The van der Waals surface area contributed by atoms with Gasteiger partial charge in [-0.05, 0) is 176 Å². The Labute approximate surface area is 513 Å². The molecule has 2 fully saturated rings. The molecule has 2 amide bonds. The minimum absolute atomic E-state index is 0.0188. The highest BCUT2D eigenvalue weighted by molar-refractivity contribution is 5.93. The number of aryl methyl sites for hydroxylation is 4. The topological polar surface area (TPSA) is 219 Å². The van der Waals surface area contributed by atoms with Gasteiger partial charge in [-0.15, -0.1) is 0 Å². The molecule has 0 bridgehead atoms. The van der Waals surface area contributed by atoms with E-state index in [1.165, 1.54) is 0 Å². The number of carbonyl (C=O) groups excluding carboxylic acids is 2. The van der Waals surface area contributed by atoms with Crippen LogP contribution in [0, 0.1) is 13.8 Å². The van der Waals surface area contributed by atoms with Gasteiger partial charge >= 0.3 is 12.2 Å². The van der Waals surface area contributed by atoms with Crippen LogP contribution in [-0.4, -0.2) is 137 Å². The van der Waals surface area contributed by atoms with Gasteiger partial charge in [0.15, 0.2) is 0 Å². The zero-order valence-corrected chi connectivity index (χ0v) is 51.4. The Morgan fingerprint density at radius 1 is 0.557 bits per heavy atom. The third-order valence-corrected chi connectivity index (χ3v) is 15.1. The lowest BCUT2D eigenvalue weighted by Crippen LogP contribution is -2.47. The number of hydrogen-bond donors (Lipinski definition) is 4. The lowest BCUT2D eigenvalue weighted by Gasteiger charge is -2.34. The molecule has 18 nitrogen and oxygen atoms in total. The first-order valence-electron chi connectivity index (χ1n) is 30.1. The van der Waals surface area contributed by atoms with Crippen LogP contribution in [0.25, 0.3) is 44.1 Å². The summed E-state index contributed by atoms with van der Waals surface area (Å²) in [6.45, 7) is 15.9. The molecule has 4 N–H and O–H groups in total. The molecule has 464 valence electrons. The van der Waals surface area contributed by atoms with Crippen LogP contribution in [0.1, 0.15) is 102 Å². The Kier molecular flexibility index (Phi) is 21.0. The summed E-state index contributed by atoms with van der Waals surface area (Å²) in [5, 5.41) is 30.1. The molecule has 10 rings (SSSR count). The molecule has 2 saturated heterocycles. The predicted molar refractivity (Wildman–Crippen MR) is 338 cm³/mol. The first-order valence-corrected chi connectivity index (χ1v) is 30.1. The lowest BCUT2D eigenvalue weighted by atomic mass is 9.97. The molecule has 4 aromatic carbocycles. The van der Waals surface area contributed by atoms with Gasteiger partial charge in [0, 0.05) is 73.8 Å². The molecule has 88 heavy (non-hydrogen) atoms. The average molecular weight is 1200 g/mol. The van der Waals surface area contributed by atoms with Crippen LogP contribution in [0.5, 0.6) is 23.3 Å². The number of halogens is 2. The van der Waals surface area contributed by atoms with Gasteiger partial charge in [0.2, 0.25) is 23.7 Å². The number of anilines is 2. The summed E-state index contributed by atoms with van der Waals surface area (Å²) in [5.74, 6) is 3.06. The van der Waals surface area contributed by atoms with Crippen molar-refractivity contribution in [1.82, 2.24) is 39.7 Å². The van der Waals surface area contributed by atoms with Crippen LogP contribution < -0.4 is 20.1 Å². The predicted octanol–water partition coefficient (Wildman–Crippen LogP) is 13.7. The number of aromatic nitrogens is 6. The van der Waals surface area contributed by atoms with Crippen molar-refractivity contribution in [2.45, 2.75) is 142 Å². The first kappa shape index (κ1) is 63.9. The minimum atomic E-state index is -0.975. The SMILES string of the molecule is Cc1ccc2c(CC[C@@H](O)CF)cccc2c1Oc1ncccc1-c1ccnc(N[C@H]2CCCN(C(=O)OC(C)(C)C)C2)n1.Cc1ccc2c(CC[C@H](O)CF)cccc2c1Oc1ncccc1-c1ccnc(N[C@H]2CCCN(C(=O)OC(C)(C)C)C2)n1. The van der Waals surface area contributed by atoms with E-state index in [2.05, 4.69) is 30.6 Å². The van der Waals surface area contributed by atoms with E-state index in [1.807, 2.05) is 152 Å². The Hall–Kier alpha value is -8.62. The number of likely N-dealkylation sites (tertiary alicyclic amines) is 2. The fourth-order valence-electron chi connectivity index (χ4n) is 10.7. The van der Waals surface area contributed by atoms with Crippen LogP contribution >= 0.6 is 0 Å². The van der Waals surface area contributed by atoms with E-state index in [1.54, 1.807) is 34.6 Å². The molecule has 2 aliphatic rings. The fourth-order valence-corrected chi connectivity index (χ4v) is 10.7. The second-order valence-corrected chi connectivity index (χ2v) is 24.4. The highest BCUT2D eigenvalue weighted by atomic mass is 19.1. The van der Waals surface area contributed by atoms with Crippen LogP contribution in [0.15, 0.2) is 122 Å². The molecule has 20 heteroatoms. The molecular weight excluding hydrogens is 1120 g/mol. The molecule has 0 unspecified atom stereocenters. The molecule has 4 aromatic heterocycles. The van der Waals surface area contributed by atoms with Crippen LogP contribution in [-0.2, 0) is 22.3 Å². The molecule has 0 radical (unpaired) electrons. The van der Waals surface area contributed by atoms with Gasteiger partial charge in [-0.1, -0.05) is 60.7 Å². The van der Waals surface area contributed by atoms with E-state index in [9.17, 15) is 28.6 Å². The van der Waals surface area contributed by atoms with E-state index in [0.717, 1.165) is 69.5 Å². The maximum Gasteiger partial charge on any atom is 0.410 e. The van der Waals surface area contributed by atoms with Crippen molar-refractivity contribution < 1.29 is 47.5 Å². The van der Waals surface area contributed by atoms with E-state index in [0.29, 0.717) is 110 Å². The number of rotatable bonds is 18. The summed E-state index contributed by atoms with van der Waals surface area (Å²) < 4.78 is 49.9. The molecule has 0 saturated carbocycles. The first-order chi connectivity index (χ1) is 42.2. The maximum atomic E-state index is 12.9. The second kappa shape index (κ2) is 28.9. The summed E-state index contributed by atoms with van der Waals surface area (Å²) in [5.41, 5.74) is 5.50. The lowest BCUT2D eigenvalue weighted by molar-refractivity contribution is 0.0196. The Morgan fingerprint density at radius 2 is 0.977 bits per heavy atom. The number of carbonyl (C=O) groups is 2. The largest absolute Gasteiger partial charge is 0.444 e. The number of aliphatic hydroxyl groups is 2. The van der Waals surface area contributed by atoms with Crippen molar-refractivity contribution in [2.24, 2.45) is 0 Å². The van der Waals surface area contributed by atoms with Crippen molar-refractivity contribution >= 4 is 45.6 Å². The normalized spacial score (nSPS) is 16.0. The quantitative estimate of drug-likeness (QED) is 0.0628. The highest BCUT2D eigenvalue weighted by Gasteiger charge is 2.30. The molecule has 2 aliphatic heterocycles. The third kappa shape index (κ3) is 16.9. The van der Waals surface area contributed by atoms with E-state index >= 15 is 0 Å². The number of hydrogen-bond acceptors (Lipinski definition) is 16. The number of pyridine rings is 2. The monoisotopic (exact) mass is 1200 g/mol. The van der Waals surface area contributed by atoms with Crippen LogP contribution in [0.4, 0.5) is 30.3 Å². The van der Waals surface area contributed by atoms with Crippen LogP contribution in [0.2, 0.25) is 0 Å². The highest BCUT2D eigenvalue weighted by Crippen LogP contribution is 2.40. The maximum absolute atomic E-state index is 12.9. The zero-order valence-electron chi connectivity index (χ0n) is 51.4. The Morgan fingerprint density at radius 3 is 1.38 bits per heavy atom. The number of nitrogens with zero attached hydrogens (tertiary/aromatic N) is 8. The van der Waals surface area contributed by atoms with Crippen molar-refractivity contribution in [3.63, 3.8) is 0 Å². The zero-order chi connectivity index (χ0) is 62.5. The van der Waals surface area contributed by atoms with Gasteiger partial charge in [-0.25, -0.2) is 48.3 Å². The number of piperidine rings is 2. The molecule has 8 aromatic rings. The summed E-state index contributed by atoms with van der Waals surface area (Å²) in [4.78, 5) is 56.3. The number of nitrogens with one attached hydrogen (secondary N) is 2. The minimum Gasteiger partial charge on any atom is -0.444 e. The Balaban J connectivity index is 0.000000209. The average Bonchev–Trinajstić information content (AvgIpc) is 2.53. The molecule has 4 atom stereocenters. The summed E-state index contributed by atoms with van der Waals surface area (Å²) in [6, 6.07) is 31.0. The second-order valence-electron chi connectivity index (χ2n) is 24.4. The van der Waals surface area contributed by atoms with Gasteiger partial charge in [0.1, 0.15) is 36.1 Å². The van der Waals surface area contributed by atoms with Gasteiger partial charge in [-0.2, -0.15) is 0 Å². The van der Waals surface area contributed by atoms with Crippen molar-refractivity contribution in [3.05, 3.63) is 144 Å². The fraction of sp³-hybridized carbons (Fsp3) is 0.412. The molecule has 6 heterocycles. The number of benzene rings is 4. The van der Waals surface area contributed by atoms with E-state index < -0.39 is 36.8 Å². The smallest absolute Gasteiger partial charge is 0.410 e. The summed E-state index contributed by atoms with van der Waals surface area (Å²) >= 11 is 0. The van der Waals surface area contributed by atoms with Crippen molar-refractivity contribution in [1.29, 1.82) is 0 Å². The number of alkyl halides is 2. The molecule has 0 spiro atoms. The third-order valence-electron chi connectivity index (χ3n) is 15.1. The van der Waals surface area contributed by atoms with Gasteiger partial charge in [0.25, 0.3) is 0 Å². The number of ether oxygens (including phenoxy) is 4. The molecular formula is C68H80F2N10O8. The van der Waals surface area contributed by atoms with Gasteiger partial charge < -0.3 is 49.6 Å². The summed E-state index contributed by atoms with van der Waals surface area (Å²) in [6.07, 6.45) is 9.39. The van der Waals surface area contributed by atoms with Crippen molar-refractivity contribution in [2.75, 3.05) is 50.2 Å². The van der Waals surface area contributed by atoms with Gasteiger partial charge in [0.05, 0.1) is 34.7 Å². The van der Waals surface area contributed by atoms with E-state index in [4.69, 9.17) is 28.9 Å². The number of aliphatic hydroxyl groups excluding tert-OH is 2. The summed E-state index contributed by atoms with van der Waals surface area (Å²) in [7, 11) is 0. The van der Waals surface area contributed by atoms with E-state index in [-0.39, 0.29) is 24.3 Å². The Bertz CT molecular complexity index is 3460. The van der Waals surface area contributed by atoms with Crippen molar-refractivity contribution in [3.8, 4) is 45.8 Å². The van der Waals surface area contributed by atoms with Gasteiger partial charge in [-0.3, -0.25) is 0 Å². The molecule has 0 aliphatic carbocycles. The standard InChI is InChI=1S/2C34H40FN5O4/c2*1-22-12-15-26-23(13-14-25(41)20-35)8-5-10-27(26)30(22)43-31-28(11-6-17-36-31)29-16-18-37-32(39-29)38-24-9-7-19-40(21-24)33(42)44-34(2,3)4/h2*5-6,8,10-12,15-18,24-25,41H,7,9,13-14,19-21H2,1-4H3,(H,37,38,39)/t24-,25+;24-,25-/m00/s1. The number of amides is 2. The number of fused-ring (bicyclic) bond motifs is 2. The van der Waals surface area contributed by atoms with Crippen LogP contribution in [0.3, 0.4) is 0 Å².